The zero-order chi connectivity index (χ0) is 16.7. The highest BCUT2D eigenvalue weighted by Gasteiger charge is 2.22. The molecule has 0 aromatic rings. The number of piperidine rings is 1. The zero-order valence-corrected chi connectivity index (χ0v) is 17.1. The van der Waals surface area contributed by atoms with Gasteiger partial charge in [0.25, 0.3) is 0 Å². The number of hydrogen-bond acceptors (Lipinski definition) is 3. The maximum absolute atomic E-state index is 12.3. The molecule has 0 spiro atoms. The van der Waals surface area contributed by atoms with Crippen molar-refractivity contribution >= 4 is 41.8 Å². The van der Waals surface area contributed by atoms with E-state index >= 15 is 0 Å². The smallest absolute Gasteiger partial charge is 0.244 e. The van der Waals surface area contributed by atoms with Crippen LogP contribution in [0.4, 0.5) is 0 Å². The maximum atomic E-state index is 12.3. The van der Waals surface area contributed by atoms with Gasteiger partial charge in [-0.25, -0.2) is 4.99 Å². The minimum absolute atomic E-state index is 0. The lowest BCUT2D eigenvalue weighted by molar-refractivity contribution is -0.130. The Kier molecular flexibility index (Phi) is 9.38. The van der Waals surface area contributed by atoms with Gasteiger partial charge in [-0.05, 0) is 26.2 Å². The lowest BCUT2D eigenvalue weighted by Crippen LogP contribution is -2.53. The first kappa shape index (κ1) is 21.0. The highest BCUT2D eigenvalue weighted by Crippen LogP contribution is 2.09. The van der Waals surface area contributed by atoms with Crippen LogP contribution in [-0.4, -0.2) is 84.8 Å². The molecule has 24 heavy (non-hydrogen) atoms. The van der Waals surface area contributed by atoms with Gasteiger partial charge in [0.1, 0.15) is 6.54 Å². The molecule has 0 bridgehead atoms. The zero-order valence-electron chi connectivity index (χ0n) is 14.8. The van der Waals surface area contributed by atoms with Crippen LogP contribution >= 0.6 is 24.0 Å². The van der Waals surface area contributed by atoms with Crippen LogP contribution in [-0.2, 0) is 9.59 Å². The van der Waals surface area contributed by atoms with Crippen molar-refractivity contribution in [3.8, 4) is 0 Å². The molecule has 0 radical (unpaired) electrons. The van der Waals surface area contributed by atoms with Crippen molar-refractivity contribution in [2.24, 2.45) is 4.99 Å². The predicted octanol–water partition coefficient (Wildman–Crippen LogP) is 0.747. The van der Waals surface area contributed by atoms with Crippen molar-refractivity contribution in [1.82, 2.24) is 20.0 Å². The average Bonchev–Trinajstić information content (AvgIpc) is 2.59. The van der Waals surface area contributed by atoms with E-state index < -0.39 is 0 Å². The van der Waals surface area contributed by atoms with Crippen molar-refractivity contribution in [2.75, 3.05) is 52.4 Å². The number of amides is 2. The van der Waals surface area contributed by atoms with Gasteiger partial charge in [-0.15, -0.1) is 24.0 Å². The lowest BCUT2D eigenvalue weighted by Gasteiger charge is -2.36. The standard InChI is InChI=1S/C16H29N5O2.HI/c1-3-17-16(21-11-9-19(10-12-21)14(2)22)18-13-15(23)20-7-5-4-6-8-20;/h3-13H2,1-2H3,(H,17,18);1H. The molecule has 2 amide bonds. The lowest BCUT2D eigenvalue weighted by atomic mass is 10.1. The second-order valence-electron chi connectivity index (χ2n) is 6.10. The van der Waals surface area contributed by atoms with E-state index in [4.69, 9.17) is 0 Å². The quantitative estimate of drug-likeness (QED) is 0.391. The summed E-state index contributed by atoms with van der Waals surface area (Å²) in [5.74, 6) is 1.01. The molecule has 7 nitrogen and oxygen atoms in total. The number of halogens is 1. The molecular weight excluding hydrogens is 421 g/mol. The summed E-state index contributed by atoms with van der Waals surface area (Å²) in [5.41, 5.74) is 0. The van der Waals surface area contributed by atoms with Crippen LogP contribution in [0.3, 0.4) is 0 Å². The van der Waals surface area contributed by atoms with Crippen LogP contribution in [0, 0.1) is 0 Å². The molecule has 0 aromatic carbocycles. The fourth-order valence-electron chi connectivity index (χ4n) is 3.04. The molecule has 2 aliphatic rings. The second kappa shape index (κ2) is 10.7. The molecule has 1 N–H and O–H groups in total. The molecule has 2 fully saturated rings. The van der Waals surface area contributed by atoms with Gasteiger partial charge in [-0.1, -0.05) is 0 Å². The molecule has 2 heterocycles. The molecule has 2 aliphatic heterocycles. The average molecular weight is 451 g/mol. The van der Waals surface area contributed by atoms with Gasteiger partial charge in [-0.3, -0.25) is 9.59 Å². The molecule has 0 aliphatic carbocycles. The molecule has 2 rings (SSSR count). The van der Waals surface area contributed by atoms with Crippen molar-refractivity contribution in [2.45, 2.75) is 33.1 Å². The first-order valence-electron chi connectivity index (χ1n) is 8.68. The monoisotopic (exact) mass is 451 g/mol. The number of carbonyl (C=O) groups excluding carboxylic acids is 2. The number of rotatable bonds is 3. The predicted molar refractivity (Wildman–Crippen MR) is 106 cm³/mol. The molecule has 2 saturated heterocycles. The molecule has 0 aromatic heterocycles. The van der Waals surface area contributed by atoms with Gasteiger partial charge >= 0.3 is 0 Å². The number of carbonyl (C=O) groups is 2. The van der Waals surface area contributed by atoms with Crippen molar-refractivity contribution < 1.29 is 9.59 Å². The van der Waals surface area contributed by atoms with Crippen LogP contribution in [0.5, 0.6) is 0 Å². The van der Waals surface area contributed by atoms with Crippen molar-refractivity contribution in [3.63, 3.8) is 0 Å². The van der Waals surface area contributed by atoms with Gasteiger partial charge in [0, 0.05) is 52.7 Å². The first-order valence-corrected chi connectivity index (χ1v) is 8.68. The second-order valence-corrected chi connectivity index (χ2v) is 6.10. The third-order valence-electron chi connectivity index (χ3n) is 4.43. The molecule has 138 valence electrons. The van der Waals surface area contributed by atoms with E-state index in [1.165, 1.54) is 6.42 Å². The Morgan fingerprint density at radius 3 is 2.04 bits per heavy atom. The van der Waals surface area contributed by atoms with E-state index in [0.717, 1.165) is 51.5 Å². The normalized spacial score (nSPS) is 18.9. The van der Waals surface area contributed by atoms with Crippen LogP contribution < -0.4 is 5.32 Å². The highest BCUT2D eigenvalue weighted by atomic mass is 127. The van der Waals surface area contributed by atoms with Gasteiger partial charge < -0.3 is 20.0 Å². The number of nitrogens with one attached hydrogen (secondary N) is 1. The van der Waals surface area contributed by atoms with Crippen LogP contribution in [0.1, 0.15) is 33.1 Å². The molecular formula is C16H30IN5O2. The van der Waals surface area contributed by atoms with Crippen LogP contribution in [0.2, 0.25) is 0 Å². The molecule has 0 atom stereocenters. The van der Waals surface area contributed by atoms with E-state index in [0.29, 0.717) is 13.1 Å². The Labute approximate surface area is 161 Å². The van der Waals surface area contributed by atoms with Crippen LogP contribution in [0.25, 0.3) is 0 Å². The summed E-state index contributed by atoms with van der Waals surface area (Å²) in [6.45, 7) is 9.25. The fraction of sp³-hybridized carbons (Fsp3) is 0.812. The third kappa shape index (κ3) is 6.10. The summed E-state index contributed by atoms with van der Waals surface area (Å²) < 4.78 is 0. The van der Waals surface area contributed by atoms with Gasteiger partial charge in [-0.2, -0.15) is 0 Å². The van der Waals surface area contributed by atoms with E-state index in [-0.39, 0.29) is 42.3 Å². The Balaban J connectivity index is 0.00000288. The highest BCUT2D eigenvalue weighted by molar-refractivity contribution is 14.0. The fourth-order valence-corrected chi connectivity index (χ4v) is 3.04. The number of likely N-dealkylation sites (tertiary alicyclic amines) is 1. The van der Waals surface area contributed by atoms with Crippen LogP contribution in [0.15, 0.2) is 4.99 Å². The summed E-state index contributed by atoms with van der Waals surface area (Å²) >= 11 is 0. The number of guanidine groups is 1. The number of aliphatic imine (C=N–C) groups is 1. The summed E-state index contributed by atoms with van der Waals surface area (Å²) in [6.07, 6.45) is 3.42. The summed E-state index contributed by atoms with van der Waals surface area (Å²) in [7, 11) is 0. The Morgan fingerprint density at radius 1 is 0.917 bits per heavy atom. The van der Waals surface area contributed by atoms with Crippen molar-refractivity contribution in [1.29, 1.82) is 0 Å². The summed E-state index contributed by atoms with van der Waals surface area (Å²) in [5, 5.41) is 3.26. The van der Waals surface area contributed by atoms with E-state index in [1.807, 2.05) is 16.7 Å². The summed E-state index contributed by atoms with van der Waals surface area (Å²) in [4.78, 5) is 34.1. The van der Waals surface area contributed by atoms with E-state index in [9.17, 15) is 9.59 Å². The first-order chi connectivity index (χ1) is 11.1. The minimum Gasteiger partial charge on any atom is -0.357 e. The van der Waals surface area contributed by atoms with E-state index in [1.54, 1.807) is 6.92 Å². The number of nitrogens with zero attached hydrogens (tertiary/aromatic N) is 4. The maximum Gasteiger partial charge on any atom is 0.244 e. The number of hydrogen-bond donors (Lipinski definition) is 1. The number of piperazine rings is 1. The Morgan fingerprint density at radius 2 is 1.50 bits per heavy atom. The van der Waals surface area contributed by atoms with Crippen molar-refractivity contribution in [3.05, 3.63) is 0 Å². The largest absolute Gasteiger partial charge is 0.357 e. The Bertz CT molecular complexity index is 444. The topological polar surface area (TPSA) is 68.2 Å². The van der Waals surface area contributed by atoms with Gasteiger partial charge in [0.15, 0.2) is 5.96 Å². The molecule has 8 heteroatoms. The Hall–Kier alpha value is -1.06. The summed E-state index contributed by atoms with van der Waals surface area (Å²) in [6, 6.07) is 0. The van der Waals surface area contributed by atoms with Gasteiger partial charge in [0.05, 0.1) is 0 Å². The minimum atomic E-state index is 0. The van der Waals surface area contributed by atoms with Gasteiger partial charge in [0.2, 0.25) is 11.8 Å². The third-order valence-corrected chi connectivity index (χ3v) is 4.43. The molecule has 0 unspecified atom stereocenters. The SMILES string of the molecule is CCNC(=NCC(=O)N1CCCCC1)N1CCN(C(C)=O)CC1.I. The molecule has 0 saturated carbocycles. The van der Waals surface area contributed by atoms with E-state index in [2.05, 4.69) is 15.2 Å².